The monoisotopic (exact) mass is 300 g/mol. The summed E-state index contributed by atoms with van der Waals surface area (Å²) < 4.78 is 4.76. The standard InChI is InChI=1S/C16H20N4O2/c1-11-3-4-14-13(9-11)15(18-10-17-14)19-12-5-7-20(8-6-12)16(21)22-2/h3-4,9-10,12H,5-8H2,1-2H3,(H,17,18,19). The zero-order valence-electron chi connectivity index (χ0n) is 12.9. The van der Waals surface area contributed by atoms with Crippen molar-refractivity contribution in [3.63, 3.8) is 0 Å². The van der Waals surface area contributed by atoms with E-state index in [2.05, 4.69) is 28.3 Å². The molecular weight excluding hydrogens is 280 g/mol. The van der Waals surface area contributed by atoms with E-state index in [0.29, 0.717) is 19.1 Å². The van der Waals surface area contributed by atoms with Crippen molar-refractivity contribution in [2.75, 3.05) is 25.5 Å². The molecule has 1 aromatic heterocycles. The molecule has 0 bridgehead atoms. The van der Waals surface area contributed by atoms with Crippen LogP contribution in [0.1, 0.15) is 18.4 Å². The number of nitrogens with one attached hydrogen (secondary N) is 1. The first-order valence-electron chi connectivity index (χ1n) is 7.48. The number of piperidine rings is 1. The summed E-state index contributed by atoms with van der Waals surface area (Å²) in [7, 11) is 1.42. The number of hydrogen-bond donors (Lipinski definition) is 1. The first kappa shape index (κ1) is 14.6. The van der Waals surface area contributed by atoms with Crippen LogP contribution >= 0.6 is 0 Å². The molecule has 0 spiro atoms. The molecule has 116 valence electrons. The van der Waals surface area contributed by atoms with Crippen molar-refractivity contribution in [2.24, 2.45) is 0 Å². The highest BCUT2D eigenvalue weighted by molar-refractivity contribution is 5.89. The van der Waals surface area contributed by atoms with Gasteiger partial charge in [-0.3, -0.25) is 0 Å². The Morgan fingerprint density at radius 3 is 2.82 bits per heavy atom. The second-order valence-electron chi connectivity index (χ2n) is 5.62. The molecule has 0 aliphatic carbocycles. The van der Waals surface area contributed by atoms with Crippen LogP contribution in [0.15, 0.2) is 24.5 Å². The van der Waals surface area contributed by atoms with Crippen LogP contribution in [0.4, 0.5) is 10.6 Å². The van der Waals surface area contributed by atoms with Crippen LogP contribution in [0.5, 0.6) is 0 Å². The van der Waals surface area contributed by atoms with Gasteiger partial charge in [0, 0.05) is 24.5 Å². The summed E-state index contributed by atoms with van der Waals surface area (Å²) in [4.78, 5) is 21.9. The second kappa shape index (κ2) is 6.17. The van der Waals surface area contributed by atoms with Crippen LogP contribution in [0.25, 0.3) is 10.9 Å². The van der Waals surface area contributed by atoms with Crippen LogP contribution in [0.3, 0.4) is 0 Å². The third kappa shape index (κ3) is 2.95. The number of ether oxygens (including phenoxy) is 1. The van der Waals surface area contributed by atoms with Gasteiger partial charge in [-0.2, -0.15) is 0 Å². The van der Waals surface area contributed by atoms with Crippen molar-refractivity contribution in [3.05, 3.63) is 30.1 Å². The Kier molecular flexibility index (Phi) is 4.09. The molecule has 2 heterocycles. The zero-order chi connectivity index (χ0) is 15.5. The molecule has 3 rings (SSSR count). The van der Waals surface area contributed by atoms with Crippen LogP contribution < -0.4 is 5.32 Å². The minimum absolute atomic E-state index is 0.249. The predicted octanol–water partition coefficient (Wildman–Crippen LogP) is 2.58. The molecule has 1 fully saturated rings. The summed E-state index contributed by atoms with van der Waals surface area (Å²) in [5, 5.41) is 4.54. The van der Waals surface area contributed by atoms with E-state index in [0.717, 1.165) is 29.6 Å². The van der Waals surface area contributed by atoms with Gasteiger partial charge in [-0.05, 0) is 31.9 Å². The lowest BCUT2D eigenvalue weighted by molar-refractivity contribution is 0.113. The molecule has 6 nitrogen and oxygen atoms in total. The fraction of sp³-hybridized carbons (Fsp3) is 0.438. The fourth-order valence-electron chi connectivity index (χ4n) is 2.81. The number of carbonyl (C=O) groups excluding carboxylic acids is 1. The number of aryl methyl sites for hydroxylation is 1. The number of fused-ring (bicyclic) bond motifs is 1. The van der Waals surface area contributed by atoms with Gasteiger partial charge in [0.05, 0.1) is 12.6 Å². The van der Waals surface area contributed by atoms with Crippen LogP contribution in [-0.2, 0) is 4.74 Å². The Hall–Kier alpha value is -2.37. The Labute approximate surface area is 129 Å². The normalized spacial score (nSPS) is 15.8. The number of nitrogens with zero attached hydrogens (tertiary/aromatic N) is 3. The smallest absolute Gasteiger partial charge is 0.409 e. The summed E-state index contributed by atoms with van der Waals surface area (Å²) in [6, 6.07) is 6.46. The molecule has 6 heteroatoms. The molecule has 0 radical (unpaired) electrons. The summed E-state index contributed by atoms with van der Waals surface area (Å²) in [5.41, 5.74) is 2.13. The van der Waals surface area contributed by atoms with Gasteiger partial charge in [0.15, 0.2) is 0 Å². The average Bonchev–Trinajstić information content (AvgIpc) is 2.55. The summed E-state index contributed by atoms with van der Waals surface area (Å²) in [6.07, 6.45) is 3.10. The summed E-state index contributed by atoms with van der Waals surface area (Å²) in [6.45, 7) is 3.46. The lowest BCUT2D eigenvalue weighted by Gasteiger charge is -2.31. The quantitative estimate of drug-likeness (QED) is 0.923. The number of rotatable bonds is 2. The van der Waals surface area contributed by atoms with Gasteiger partial charge >= 0.3 is 6.09 Å². The van der Waals surface area contributed by atoms with Crippen molar-refractivity contribution in [2.45, 2.75) is 25.8 Å². The Balaban J connectivity index is 1.72. The molecule has 1 amide bonds. The largest absolute Gasteiger partial charge is 0.453 e. The Morgan fingerprint density at radius 2 is 2.09 bits per heavy atom. The lowest BCUT2D eigenvalue weighted by Crippen LogP contribution is -2.42. The van der Waals surface area contributed by atoms with Crippen molar-refractivity contribution in [1.29, 1.82) is 0 Å². The average molecular weight is 300 g/mol. The molecule has 0 saturated carbocycles. The molecule has 0 atom stereocenters. The summed E-state index contributed by atoms with van der Waals surface area (Å²) >= 11 is 0. The maximum Gasteiger partial charge on any atom is 0.409 e. The third-order valence-corrected chi connectivity index (χ3v) is 4.06. The van der Waals surface area contributed by atoms with Gasteiger partial charge in [0.25, 0.3) is 0 Å². The van der Waals surface area contributed by atoms with Gasteiger partial charge in [-0.1, -0.05) is 11.6 Å². The van der Waals surface area contributed by atoms with Crippen molar-refractivity contribution in [1.82, 2.24) is 14.9 Å². The van der Waals surface area contributed by atoms with Crippen molar-refractivity contribution in [3.8, 4) is 0 Å². The maximum absolute atomic E-state index is 11.5. The number of anilines is 1. The van der Waals surface area contributed by atoms with E-state index in [4.69, 9.17) is 4.74 Å². The van der Waals surface area contributed by atoms with E-state index in [-0.39, 0.29) is 6.09 Å². The zero-order valence-corrected chi connectivity index (χ0v) is 12.9. The topological polar surface area (TPSA) is 67.3 Å². The molecule has 2 aromatic rings. The number of methoxy groups -OCH3 is 1. The maximum atomic E-state index is 11.5. The van der Waals surface area contributed by atoms with E-state index < -0.39 is 0 Å². The Bertz CT molecular complexity index is 681. The van der Waals surface area contributed by atoms with E-state index in [1.807, 2.05) is 12.1 Å². The molecule has 1 aromatic carbocycles. The minimum Gasteiger partial charge on any atom is -0.453 e. The number of likely N-dealkylation sites (tertiary alicyclic amines) is 1. The molecule has 0 unspecified atom stereocenters. The number of amides is 1. The highest BCUT2D eigenvalue weighted by Gasteiger charge is 2.23. The van der Waals surface area contributed by atoms with E-state index in [1.165, 1.54) is 12.7 Å². The second-order valence-corrected chi connectivity index (χ2v) is 5.62. The first-order chi connectivity index (χ1) is 10.7. The number of benzene rings is 1. The molecule has 22 heavy (non-hydrogen) atoms. The van der Waals surface area contributed by atoms with Gasteiger partial charge < -0.3 is 15.0 Å². The minimum atomic E-state index is -0.249. The molecule has 1 saturated heterocycles. The van der Waals surface area contributed by atoms with Gasteiger partial charge in [0.1, 0.15) is 12.1 Å². The highest BCUT2D eigenvalue weighted by atomic mass is 16.5. The Morgan fingerprint density at radius 1 is 1.32 bits per heavy atom. The first-order valence-corrected chi connectivity index (χ1v) is 7.48. The molecule has 1 N–H and O–H groups in total. The van der Waals surface area contributed by atoms with Gasteiger partial charge in [-0.25, -0.2) is 14.8 Å². The van der Waals surface area contributed by atoms with Crippen molar-refractivity contribution >= 4 is 22.8 Å². The molecular formula is C16H20N4O2. The highest BCUT2D eigenvalue weighted by Crippen LogP contribution is 2.23. The van der Waals surface area contributed by atoms with Crippen LogP contribution in [0, 0.1) is 6.92 Å². The SMILES string of the molecule is COC(=O)N1CCC(Nc2ncnc3ccc(C)cc23)CC1. The van der Waals surface area contributed by atoms with E-state index in [9.17, 15) is 4.79 Å². The van der Waals surface area contributed by atoms with Gasteiger partial charge in [0.2, 0.25) is 0 Å². The molecule has 1 aliphatic rings. The van der Waals surface area contributed by atoms with Crippen LogP contribution in [-0.4, -0.2) is 47.2 Å². The number of aromatic nitrogens is 2. The van der Waals surface area contributed by atoms with Crippen molar-refractivity contribution < 1.29 is 9.53 Å². The number of hydrogen-bond acceptors (Lipinski definition) is 5. The summed E-state index contributed by atoms with van der Waals surface area (Å²) in [5.74, 6) is 0.866. The van der Waals surface area contributed by atoms with Crippen LogP contribution in [0.2, 0.25) is 0 Å². The fourth-order valence-corrected chi connectivity index (χ4v) is 2.81. The molecule has 1 aliphatic heterocycles. The van der Waals surface area contributed by atoms with E-state index in [1.54, 1.807) is 11.2 Å². The van der Waals surface area contributed by atoms with Gasteiger partial charge in [-0.15, -0.1) is 0 Å². The lowest BCUT2D eigenvalue weighted by atomic mass is 10.0. The van der Waals surface area contributed by atoms with E-state index >= 15 is 0 Å². The number of carbonyl (C=O) groups is 1. The predicted molar refractivity (Wildman–Crippen MR) is 84.9 cm³/mol. The third-order valence-electron chi connectivity index (χ3n) is 4.06.